The molecule has 2 heterocycles. The summed E-state index contributed by atoms with van der Waals surface area (Å²) in [5.74, 6) is 1.50. The molecule has 2 aromatic carbocycles. The van der Waals surface area contributed by atoms with Gasteiger partial charge in [-0.15, -0.1) is 10.2 Å². The van der Waals surface area contributed by atoms with Crippen molar-refractivity contribution >= 4 is 17.4 Å². The summed E-state index contributed by atoms with van der Waals surface area (Å²) in [6, 6.07) is 16.3. The third-order valence-electron chi connectivity index (χ3n) is 4.53. The fraction of sp³-hybridized carbons (Fsp3) is 0.286. The van der Waals surface area contributed by atoms with Gasteiger partial charge in [-0.05, 0) is 25.0 Å². The Kier molecular flexibility index (Phi) is 5.25. The molecule has 0 fully saturated rings. The number of aromatic nitrogens is 3. The van der Waals surface area contributed by atoms with Crippen LogP contribution in [-0.2, 0) is 0 Å². The molecule has 0 aliphatic carbocycles. The van der Waals surface area contributed by atoms with E-state index in [9.17, 15) is 0 Å². The maximum absolute atomic E-state index is 6.32. The molecule has 0 amide bonds. The molecule has 27 heavy (non-hydrogen) atoms. The number of hydrogen-bond donors (Lipinski definition) is 1. The Morgan fingerprint density at radius 1 is 1.07 bits per heavy atom. The van der Waals surface area contributed by atoms with Gasteiger partial charge in [0, 0.05) is 22.6 Å². The summed E-state index contributed by atoms with van der Waals surface area (Å²) >= 11 is 1.62. The monoisotopic (exact) mass is 378 g/mol. The summed E-state index contributed by atoms with van der Waals surface area (Å²) in [5.41, 5.74) is 4.84. The predicted octanol–water partition coefficient (Wildman–Crippen LogP) is 5.24. The molecule has 6 heteroatoms. The second kappa shape index (κ2) is 7.96. The van der Waals surface area contributed by atoms with E-state index in [1.54, 1.807) is 11.8 Å². The molecular weight excluding hydrogens is 356 g/mol. The summed E-state index contributed by atoms with van der Waals surface area (Å²) in [6.07, 6.45) is 1.94. The van der Waals surface area contributed by atoms with Crippen LogP contribution in [0, 0.1) is 6.92 Å². The van der Waals surface area contributed by atoms with Gasteiger partial charge in [-0.25, -0.2) is 0 Å². The number of anilines is 1. The van der Waals surface area contributed by atoms with Crippen molar-refractivity contribution in [1.29, 1.82) is 0 Å². The molecule has 0 unspecified atom stereocenters. The van der Waals surface area contributed by atoms with E-state index in [0.29, 0.717) is 16.7 Å². The van der Waals surface area contributed by atoms with Crippen LogP contribution in [-0.4, -0.2) is 20.9 Å². The number of unbranched alkanes of at least 4 members (excludes halogenated alkanes) is 1. The van der Waals surface area contributed by atoms with Gasteiger partial charge < -0.3 is 10.1 Å². The van der Waals surface area contributed by atoms with Crippen molar-refractivity contribution < 1.29 is 4.74 Å². The summed E-state index contributed by atoms with van der Waals surface area (Å²) < 4.78 is 6.32. The van der Waals surface area contributed by atoms with E-state index in [1.165, 1.54) is 0 Å². The fourth-order valence-electron chi connectivity index (χ4n) is 3.04. The van der Waals surface area contributed by atoms with Crippen molar-refractivity contribution in [1.82, 2.24) is 15.2 Å². The zero-order valence-corrected chi connectivity index (χ0v) is 16.3. The minimum Gasteiger partial charge on any atom is -0.448 e. The van der Waals surface area contributed by atoms with Gasteiger partial charge in [0.25, 0.3) is 0 Å². The van der Waals surface area contributed by atoms with E-state index in [0.717, 1.165) is 41.0 Å². The number of para-hydroxylation sites is 1. The number of ether oxygens (including phenoxy) is 1. The molecule has 1 aromatic heterocycles. The first-order valence-corrected chi connectivity index (χ1v) is 10.2. The van der Waals surface area contributed by atoms with Crippen LogP contribution in [0.1, 0.15) is 37.1 Å². The number of thioether (sulfide) groups is 1. The Labute approximate surface area is 163 Å². The normalized spacial score (nSPS) is 15.1. The minimum atomic E-state index is -0.334. The third-order valence-corrected chi connectivity index (χ3v) is 5.46. The van der Waals surface area contributed by atoms with Gasteiger partial charge in [0.05, 0.1) is 0 Å². The summed E-state index contributed by atoms with van der Waals surface area (Å²) in [5, 5.41) is 12.9. The maximum Gasteiger partial charge on any atom is 0.247 e. The maximum atomic E-state index is 6.32. The Balaban J connectivity index is 1.76. The molecule has 0 saturated heterocycles. The Hall–Kier alpha value is -2.60. The van der Waals surface area contributed by atoms with Gasteiger partial charge >= 0.3 is 0 Å². The Morgan fingerprint density at radius 3 is 2.74 bits per heavy atom. The lowest BCUT2D eigenvalue weighted by molar-refractivity contribution is 0.224. The van der Waals surface area contributed by atoms with Crippen molar-refractivity contribution in [2.75, 3.05) is 11.1 Å². The largest absolute Gasteiger partial charge is 0.448 e. The second-order valence-corrected chi connectivity index (χ2v) is 7.56. The first-order chi connectivity index (χ1) is 13.3. The molecule has 0 radical (unpaired) electrons. The van der Waals surface area contributed by atoms with Gasteiger partial charge in [-0.2, -0.15) is 4.98 Å². The lowest BCUT2D eigenvalue weighted by atomic mass is 10.1. The first kappa shape index (κ1) is 17.8. The lowest BCUT2D eigenvalue weighted by Crippen LogP contribution is -2.18. The van der Waals surface area contributed by atoms with Crippen molar-refractivity contribution in [3.8, 4) is 17.1 Å². The number of nitrogens with one attached hydrogen (secondary N) is 1. The number of hydrogen-bond acceptors (Lipinski definition) is 6. The van der Waals surface area contributed by atoms with E-state index in [2.05, 4.69) is 46.5 Å². The Bertz CT molecular complexity index is 947. The molecule has 1 aliphatic rings. The zero-order chi connectivity index (χ0) is 18.6. The van der Waals surface area contributed by atoms with Crippen LogP contribution in [0.3, 0.4) is 0 Å². The highest BCUT2D eigenvalue weighted by molar-refractivity contribution is 7.99. The minimum absolute atomic E-state index is 0.334. The van der Waals surface area contributed by atoms with E-state index in [-0.39, 0.29) is 6.23 Å². The summed E-state index contributed by atoms with van der Waals surface area (Å²) in [6.45, 7) is 4.26. The molecular formula is C21H22N4OS. The van der Waals surface area contributed by atoms with E-state index in [4.69, 9.17) is 4.74 Å². The molecule has 1 atom stereocenters. The predicted molar refractivity (Wildman–Crippen MR) is 109 cm³/mol. The second-order valence-electron chi connectivity index (χ2n) is 6.49. The van der Waals surface area contributed by atoms with Crippen LogP contribution in [0.15, 0.2) is 53.7 Å². The molecule has 0 saturated carbocycles. The quantitative estimate of drug-likeness (QED) is 0.484. The molecule has 1 N–H and O–H groups in total. The smallest absolute Gasteiger partial charge is 0.247 e. The zero-order valence-electron chi connectivity index (χ0n) is 15.5. The highest BCUT2D eigenvalue weighted by Gasteiger charge is 2.26. The van der Waals surface area contributed by atoms with E-state index in [1.807, 2.05) is 36.4 Å². The molecule has 3 aromatic rings. The number of nitrogens with zero attached hydrogens (tertiary/aromatic N) is 3. The van der Waals surface area contributed by atoms with Gasteiger partial charge in [-0.1, -0.05) is 67.6 Å². The summed E-state index contributed by atoms with van der Waals surface area (Å²) in [7, 11) is 0. The van der Waals surface area contributed by atoms with Gasteiger partial charge in [0.1, 0.15) is 0 Å². The van der Waals surface area contributed by atoms with Crippen LogP contribution in [0.5, 0.6) is 5.88 Å². The molecule has 5 nitrogen and oxygen atoms in total. The fourth-order valence-corrected chi connectivity index (χ4v) is 3.90. The van der Waals surface area contributed by atoms with E-state index >= 15 is 0 Å². The van der Waals surface area contributed by atoms with Gasteiger partial charge in [0.15, 0.2) is 11.9 Å². The van der Waals surface area contributed by atoms with Crippen molar-refractivity contribution in [2.24, 2.45) is 0 Å². The van der Waals surface area contributed by atoms with Crippen molar-refractivity contribution in [3.05, 3.63) is 59.7 Å². The average molecular weight is 379 g/mol. The van der Waals surface area contributed by atoms with Crippen molar-refractivity contribution in [2.45, 2.75) is 38.1 Å². The summed E-state index contributed by atoms with van der Waals surface area (Å²) in [4.78, 5) is 4.68. The highest BCUT2D eigenvalue weighted by atomic mass is 32.2. The van der Waals surface area contributed by atoms with Crippen LogP contribution >= 0.6 is 11.8 Å². The topological polar surface area (TPSA) is 59.9 Å². The number of fused-ring (bicyclic) bond motifs is 3. The van der Waals surface area contributed by atoms with Gasteiger partial charge in [0.2, 0.25) is 11.0 Å². The van der Waals surface area contributed by atoms with Crippen LogP contribution in [0.4, 0.5) is 5.69 Å². The first-order valence-electron chi connectivity index (χ1n) is 9.22. The van der Waals surface area contributed by atoms with Gasteiger partial charge in [-0.3, -0.25) is 0 Å². The van der Waals surface area contributed by atoms with Crippen molar-refractivity contribution in [3.63, 3.8) is 0 Å². The number of aryl methyl sites for hydroxylation is 1. The number of benzene rings is 2. The SMILES string of the molecule is CCCCSc1nnc2c(n1)O[C@H](c1ccccc1C)Nc1ccccc1-2. The molecule has 0 bridgehead atoms. The highest BCUT2D eigenvalue weighted by Crippen LogP contribution is 2.39. The third kappa shape index (κ3) is 3.76. The van der Waals surface area contributed by atoms with E-state index < -0.39 is 0 Å². The standard InChI is InChI=1S/C21H22N4OS/c1-3-4-13-27-21-23-20-18(24-25-21)16-11-7-8-12-17(16)22-19(26-20)15-10-6-5-9-14(15)2/h5-12,19,22H,3-4,13H2,1-2H3/t19-/m1/s1. The Morgan fingerprint density at radius 2 is 1.89 bits per heavy atom. The molecule has 1 aliphatic heterocycles. The lowest BCUT2D eigenvalue weighted by Gasteiger charge is -2.20. The average Bonchev–Trinajstić information content (AvgIpc) is 2.85. The van der Waals surface area contributed by atoms with Crippen LogP contribution in [0.25, 0.3) is 11.3 Å². The molecule has 4 rings (SSSR count). The van der Waals surface area contributed by atoms with Crippen LogP contribution < -0.4 is 10.1 Å². The molecule has 0 spiro atoms. The molecule has 138 valence electrons. The number of rotatable bonds is 5. The van der Waals surface area contributed by atoms with Crippen LogP contribution in [0.2, 0.25) is 0 Å².